The molecule has 0 saturated heterocycles. The minimum atomic E-state index is 0.285. The van der Waals surface area contributed by atoms with Crippen molar-refractivity contribution in [2.45, 2.75) is 31.9 Å². The first-order chi connectivity index (χ1) is 6.72. The number of aromatic nitrogens is 2. The van der Waals surface area contributed by atoms with Gasteiger partial charge in [-0.05, 0) is 12.8 Å². The number of rotatable bonds is 2. The lowest BCUT2D eigenvalue weighted by atomic mass is 9.97. The number of ether oxygens (including phenoxy) is 1. The summed E-state index contributed by atoms with van der Waals surface area (Å²) in [5.74, 6) is 1.01. The molecule has 2 N–H and O–H groups in total. The van der Waals surface area contributed by atoms with E-state index in [1.807, 2.05) is 0 Å². The van der Waals surface area contributed by atoms with Crippen molar-refractivity contribution < 1.29 is 4.74 Å². The maximum atomic E-state index is 5.90. The maximum Gasteiger partial charge on any atom is 0.135 e. The third-order valence-corrected chi connectivity index (χ3v) is 2.87. The van der Waals surface area contributed by atoms with Crippen LogP contribution in [-0.2, 0) is 31.2 Å². The van der Waals surface area contributed by atoms with E-state index in [1.54, 1.807) is 7.11 Å². The van der Waals surface area contributed by atoms with E-state index in [4.69, 9.17) is 10.5 Å². The molecular weight excluding hydrogens is 178 g/mol. The first-order valence-corrected chi connectivity index (χ1v) is 5.00. The second-order valence-electron chi connectivity index (χ2n) is 3.92. The Bertz CT molecular complexity index is 332. The van der Waals surface area contributed by atoms with E-state index < -0.39 is 0 Å². The Kier molecular flexibility index (Phi) is 2.56. The third-order valence-electron chi connectivity index (χ3n) is 2.87. The van der Waals surface area contributed by atoms with Gasteiger partial charge in [-0.15, -0.1) is 0 Å². The number of nitrogens with two attached hydrogens (primary N) is 1. The number of fused-ring (bicyclic) bond motifs is 1. The lowest BCUT2D eigenvalue weighted by Gasteiger charge is -2.17. The molecule has 0 saturated carbocycles. The smallest absolute Gasteiger partial charge is 0.135 e. The number of hydrogen-bond acceptors (Lipinski definition) is 3. The highest BCUT2D eigenvalue weighted by Gasteiger charge is 2.21. The van der Waals surface area contributed by atoms with Gasteiger partial charge in [0.05, 0.1) is 5.69 Å². The summed E-state index contributed by atoms with van der Waals surface area (Å²) in [5, 5.41) is 0. The number of nitrogens with zero attached hydrogens (tertiary/aromatic N) is 2. The third kappa shape index (κ3) is 1.55. The van der Waals surface area contributed by atoms with Crippen molar-refractivity contribution in [1.82, 2.24) is 9.55 Å². The van der Waals surface area contributed by atoms with Crippen molar-refractivity contribution in [3.8, 4) is 0 Å². The summed E-state index contributed by atoms with van der Waals surface area (Å²) < 4.78 is 7.24. The summed E-state index contributed by atoms with van der Waals surface area (Å²) in [7, 11) is 3.75. The molecule has 1 heterocycles. The molecule has 4 heteroatoms. The zero-order valence-corrected chi connectivity index (χ0v) is 8.79. The summed E-state index contributed by atoms with van der Waals surface area (Å²) >= 11 is 0. The average Bonchev–Trinajstić information content (AvgIpc) is 2.44. The van der Waals surface area contributed by atoms with E-state index in [0.29, 0.717) is 6.61 Å². The zero-order valence-electron chi connectivity index (χ0n) is 8.79. The Morgan fingerprint density at radius 3 is 3.14 bits per heavy atom. The summed E-state index contributed by atoms with van der Waals surface area (Å²) in [4.78, 5) is 4.55. The van der Waals surface area contributed by atoms with Gasteiger partial charge in [-0.1, -0.05) is 0 Å². The van der Waals surface area contributed by atoms with Crippen LogP contribution in [0.1, 0.15) is 23.6 Å². The van der Waals surface area contributed by atoms with Crippen LogP contribution in [0.25, 0.3) is 0 Å². The molecule has 1 atom stereocenters. The molecule has 1 aromatic heterocycles. The zero-order chi connectivity index (χ0) is 10.1. The molecule has 0 amide bonds. The van der Waals surface area contributed by atoms with Crippen LogP contribution in [-0.4, -0.2) is 22.7 Å². The van der Waals surface area contributed by atoms with Crippen molar-refractivity contribution >= 4 is 0 Å². The topological polar surface area (TPSA) is 53.1 Å². The summed E-state index contributed by atoms with van der Waals surface area (Å²) in [5.41, 5.74) is 8.40. The predicted molar refractivity (Wildman–Crippen MR) is 53.9 cm³/mol. The first-order valence-electron chi connectivity index (χ1n) is 5.00. The van der Waals surface area contributed by atoms with Gasteiger partial charge >= 0.3 is 0 Å². The van der Waals surface area contributed by atoms with Gasteiger partial charge in [0.1, 0.15) is 12.4 Å². The van der Waals surface area contributed by atoms with Crippen LogP contribution in [0.2, 0.25) is 0 Å². The highest BCUT2D eigenvalue weighted by Crippen LogP contribution is 2.20. The molecule has 0 spiro atoms. The van der Waals surface area contributed by atoms with Gasteiger partial charge in [0.15, 0.2) is 0 Å². The Balaban J connectivity index is 2.31. The van der Waals surface area contributed by atoms with Gasteiger partial charge < -0.3 is 15.0 Å². The molecule has 0 aromatic carbocycles. The molecule has 1 aliphatic rings. The Hall–Kier alpha value is -0.870. The number of methoxy groups -OCH3 is 1. The largest absolute Gasteiger partial charge is 0.377 e. The summed E-state index contributed by atoms with van der Waals surface area (Å²) in [6.45, 7) is 0.582. The van der Waals surface area contributed by atoms with Crippen molar-refractivity contribution in [2.75, 3.05) is 7.11 Å². The molecule has 4 nitrogen and oxygen atoms in total. The molecule has 1 unspecified atom stereocenters. The summed E-state index contributed by atoms with van der Waals surface area (Å²) in [6.07, 6.45) is 3.02. The van der Waals surface area contributed by atoms with Crippen molar-refractivity contribution in [3.63, 3.8) is 0 Å². The van der Waals surface area contributed by atoms with E-state index in [0.717, 1.165) is 25.1 Å². The van der Waals surface area contributed by atoms with E-state index >= 15 is 0 Å². The quantitative estimate of drug-likeness (QED) is 0.742. The highest BCUT2D eigenvalue weighted by atomic mass is 16.5. The van der Waals surface area contributed by atoms with E-state index in [-0.39, 0.29) is 6.04 Å². The van der Waals surface area contributed by atoms with Crippen LogP contribution in [0.15, 0.2) is 0 Å². The Morgan fingerprint density at radius 1 is 1.64 bits per heavy atom. The predicted octanol–water partition coefficient (Wildman–Crippen LogP) is 0.383. The van der Waals surface area contributed by atoms with Gasteiger partial charge in [-0.3, -0.25) is 0 Å². The fourth-order valence-electron chi connectivity index (χ4n) is 2.05. The van der Waals surface area contributed by atoms with Gasteiger partial charge in [-0.25, -0.2) is 4.98 Å². The summed E-state index contributed by atoms with van der Waals surface area (Å²) in [6, 6.07) is 0.285. The Labute approximate surface area is 84.1 Å². The normalized spacial score (nSPS) is 20.9. The average molecular weight is 195 g/mol. The lowest BCUT2D eigenvalue weighted by molar-refractivity contribution is 0.175. The Morgan fingerprint density at radius 2 is 2.43 bits per heavy atom. The lowest BCUT2D eigenvalue weighted by Crippen LogP contribution is -2.28. The highest BCUT2D eigenvalue weighted by molar-refractivity contribution is 5.21. The van der Waals surface area contributed by atoms with Crippen molar-refractivity contribution in [2.24, 2.45) is 12.8 Å². The second kappa shape index (κ2) is 3.71. The van der Waals surface area contributed by atoms with E-state index in [9.17, 15) is 0 Å². The van der Waals surface area contributed by atoms with Crippen LogP contribution in [0.4, 0.5) is 0 Å². The molecule has 0 radical (unpaired) electrons. The van der Waals surface area contributed by atoms with Gasteiger partial charge in [-0.2, -0.15) is 0 Å². The van der Waals surface area contributed by atoms with Gasteiger partial charge in [0.25, 0.3) is 0 Å². The van der Waals surface area contributed by atoms with E-state index in [1.165, 1.54) is 11.4 Å². The molecule has 1 aliphatic carbocycles. The van der Waals surface area contributed by atoms with Crippen LogP contribution >= 0.6 is 0 Å². The standard InChI is InChI=1S/C10H17N3O/c1-13-9-4-3-7(11)5-8(9)12-10(13)6-14-2/h7H,3-6,11H2,1-2H3. The SMILES string of the molecule is COCc1nc2c(n1C)CCC(N)C2. The molecule has 14 heavy (non-hydrogen) atoms. The number of imidazole rings is 1. The molecule has 1 aromatic rings. The maximum absolute atomic E-state index is 5.90. The molecule has 0 fully saturated rings. The minimum Gasteiger partial charge on any atom is -0.377 e. The number of hydrogen-bond donors (Lipinski definition) is 1. The fraction of sp³-hybridized carbons (Fsp3) is 0.700. The van der Waals surface area contributed by atoms with E-state index in [2.05, 4.69) is 16.6 Å². The fourth-order valence-corrected chi connectivity index (χ4v) is 2.05. The van der Waals surface area contributed by atoms with Crippen LogP contribution in [0.5, 0.6) is 0 Å². The van der Waals surface area contributed by atoms with Crippen molar-refractivity contribution in [3.05, 3.63) is 17.2 Å². The van der Waals surface area contributed by atoms with Crippen LogP contribution < -0.4 is 5.73 Å². The van der Waals surface area contributed by atoms with Crippen LogP contribution in [0, 0.1) is 0 Å². The van der Waals surface area contributed by atoms with Gasteiger partial charge in [0.2, 0.25) is 0 Å². The second-order valence-corrected chi connectivity index (χ2v) is 3.92. The molecule has 0 bridgehead atoms. The molecule has 2 rings (SSSR count). The molecule has 78 valence electrons. The van der Waals surface area contributed by atoms with Crippen LogP contribution in [0.3, 0.4) is 0 Å². The molecule has 0 aliphatic heterocycles. The monoisotopic (exact) mass is 195 g/mol. The minimum absolute atomic E-state index is 0.285. The van der Waals surface area contributed by atoms with Gasteiger partial charge in [0, 0.05) is 32.3 Å². The molecular formula is C10H17N3O. The van der Waals surface area contributed by atoms with Crippen molar-refractivity contribution in [1.29, 1.82) is 0 Å². The first kappa shape index (κ1) is 9.68.